The summed E-state index contributed by atoms with van der Waals surface area (Å²) < 4.78 is 39.7. The van der Waals surface area contributed by atoms with E-state index in [9.17, 15) is 17.6 Å². The molecule has 0 aliphatic rings. The Labute approximate surface area is 166 Å². The van der Waals surface area contributed by atoms with Crippen molar-refractivity contribution in [2.24, 2.45) is 0 Å². The number of rotatable bonds is 6. The maximum Gasteiger partial charge on any atom is 0.248 e. The number of amides is 1. The van der Waals surface area contributed by atoms with Gasteiger partial charge in [0.25, 0.3) is 0 Å². The maximum absolute atomic E-state index is 13.9. The van der Waals surface area contributed by atoms with Crippen molar-refractivity contribution in [1.82, 2.24) is 4.72 Å². The molecule has 0 spiro atoms. The highest BCUT2D eigenvalue weighted by Crippen LogP contribution is 2.30. The van der Waals surface area contributed by atoms with Gasteiger partial charge in [0.2, 0.25) is 15.9 Å². The zero-order valence-electron chi connectivity index (χ0n) is 14.8. The molecule has 8 heteroatoms. The van der Waals surface area contributed by atoms with E-state index < -0.39 is 15.9 Å². The molecule has 0 saturated heterocycles. The van der Waals surface area contributed by atoms with Crippen LogP contribution in [-0.2, 0) is 14.8 Å². The van der Waals surface area contributed by atoms with Crippen molar-refractivity contribution in [3.05, 3.63) is 77.4 Å². The number of benzene rings is 2. The minimum atomic E-state index is -3.59. The summed E-state index contributed by atoms with van der Waals surface area (Å²) in [6.45, 7) is 0. The molecule has 0 aliphatic carbocycles. The van der Waals surface area contributed by atoms with Crippen LogP contribution in [0.5, 0.6) is 0 Å². The van der Waals surface area contributed by atoms with E-state index in [1.165, 1.54) is 42.7 Å². The van der Waals surface area contributed by atoms with Gasteiger partial charge in [-0.3, -0.25) is 4.79 Å². The summed E-state index contributed by atoms with van der Waals surface area (Å²) in [5, 5.41) is 2.62. The first kappa shape index (κ1) is 19.9. The van der Waals surface area contributed by atoms with Crippen LogP contribution < -0.4 is 10.0 Å². The molecule has 28 heavy (non-hydrogen) atoms. The largest absolute Gasteiger partial charge is 0.322 e. The van der Waals surface area contributed by atoms with Crippen LogP contribution >= 0.6 is 11.3 Å². The molecular formula is C20H17FN2O3S2. The Morgan fingerprint density at radius 2 is 1.86 bits per heavy atom. The van der Waals surface area contributed by atoms with E-state index in [4.69, 9.17) is 0 Å². The number of hydrogen-bond acceptors (Lipinski definition) is 4. The number of thiophene rings is 1. The lowest BCUT2D eigenvalue weighted by atomic mass is 10.2. The first-order valence-electron chi connectivity index (χ1n) is 8.26. The van der Waals surface area contributed by atoms with Gasteiger partial charge in [0.1, 0.15) is 5.82 Å². The van der Waals surface area contributed by atoms with Crippen molar-refractivity contribution >= 4 is 39.0 Å². The van der Waals surface area contributed by atoms with Crippen molar-refractivity contribution in [3.8, 4) is 10.4 Å². The molecule has 0 bridgehead atoms. The third kappa shape index (κ3) is 4.72. The van der Waals surface area contributed by atoms with Crippen LogP contribution in [0.4, 0.5) is 10.1 Å². The zero-order valence-corrected chi connectivity index (χ0v) is 16.5. The summed E-state index contributed by atoms with van der Waals surface area (Å²) in [5.41, 5.74) is 0.878. The fraction of sp³-hybridized carbons (Fsp3) is 0.0500. The molecule has 2 N–H and O–H groups in total. The highest BCUT2D eigenvalue weighted by Gasteiger charge is 2.12. The molecule has 0 fully saturated rings. The average Bonchev–Trinajstić information content (AvgIpc) is 3.16. The van der Waals surface area contributed by atoms with Crippen molar-refractivity contribution in [2.75, 3.05) is 12.4 Å². The number of halogens is 1. The number of sulfonamides is 1. The molecule has 1 heterocycles. The minimum Gasteiger partial charge on any atom is -0.322 e. The van der Waals surface area contributed by atoms with Crippen molar-refractivity contribution in [3.63, 3.8) is 0 Å². The minimum absolute atomic E-state index is 0.0598. The van der Waals surface area contributed by atoms with Gasteiger partial charge in [0.15, 0.2) is 0 Å². The molecular weight excluding hydrogens is 399 g/mol. The van der Waals surface area contributed by atoms with Gasteiger partial charge in [0.05, 0.1) is 4.90 Å². The van der Waals surface area contributed by atoms with Crippen LogP contribution in [0.2, 0.25) is 0 Å². The van der Waals surface area contributed by atoms with E-state index in [1.54, 1.807) is 48.5 Å². The van der Waals surface area contributed by atoms with Crippen LogP contribution in [0.3, 0.4) is 0 Å². The van der Waals surface area contributed by atoms with Crippen molar-refractivity contribution < 1.29 is 17.6 Å². The second-order valence-corrected chi connectivity index (χ2v) is 8.74. The molecule has 3 aromatic rings. The van der Waals surface area contributed by atoms with Crippen molar-refractivity contribution in [2.45, 2.75) is 4.90 Å². The first-order valence-corrected chi connectivity index (χ1v) is 10.6. The number of carbonyl (C=O) groups is 1. The van der Waals surface area contributed by atoms with E-state index >= 15 is 0 Å². The van der Waals surface area contributed by atoms with Crippen LogP contribution in [0.15, 0.2) is 71.6 Å². The van der Waals surface area contributed by atoms with Gasteiger partial charge in [-0.15, -0.1) is 11.3 Å². The van der Waals surface area contributed by atoms with E-state index in [1.807, 2.05) is 0 Å². The van der Waals surface area contributed by atoms with Crippen LogP contribution in [-0.4, -0.2) is 21.4 Å². The zero-order chi connectivity index (χ0) is 20.1. The van der Waals surface area contributed by atoms with Gasteiger partial charge < -0.3 is 5.32 Å². The Hall–Kier alpha value is -2.81. The lowest BCUT2D eigenvalue weighted by Gasteiger charge is -2.06. The lowest BCUT2D eigenvalue weighted by molar-refractivity contribution is -0.111. The van der Waals surface area contributed by atoms with Gasteiger partial charge >= 0.3 is 0 Å². The lowest BCUT2D eigenvalue weighted by Crippen LogP contribution is -2.18. The Kier molecular flexibility index (Phi) is 6.03. The highest BCUT2D eigenvalue weighted by atomic mass is 32.2. The van der Waals surface area contributed by atoms with E-state index in [2.05, 4.69) is 10.0 Å². The van der Waals surface area contributed by atoms with E-state index in [-0.39, 0.29) is 10.7 Å². The number of carbonyl (C=O) groups excluding carboxylic acids is 1. The molecule has 0 atom stereocenters. The van der Waals surface area contributed by atoms with E-state index in [0.717, 1.165) is 9.75 Å². The summed E-state index contributed by atoms with van der Waals surface area (Å²) in [6, 6.07) is 16.1. The highest BCUT2D eigenvalue weighted by molar-refractivity contribution is 7.89. The quantitative estimate of drug-likeness (QED) is 0.594. The second-order valence-electron chi connectivity index (χ2n) is 5.74. The molecule has 144 valence electrons. The molecule has 5 nitrogen and oxygen atoms in total. The number of anilines is 1. The molecule has 0 radical (unpaired) electrons. The fourth-order valence-corrected chi connectivity index (χ4v) is 4.16. The third-order valence-electron chi connectivity index (χ3n) is 3.85. The summed E-state index contributed by atoms with van der Waals surface area (Å²) >= 11 is 1.36. The Balaban J connectivity index is 1.70. The van der Waals surface area contributed by atoms with Gasteiger partial charge in [-0.05, 0) is 49.5 Å². The predicted molar refractivity (Wildman–Crippen MR) is 110 cm³/mol. The van der Waals surface area contributed by atoms with Crippen LogP contribution in [0.25, 0.3) is 16.5 Å². The molecule has 3 rings (SSSR count). The Morgan fingerprint density at radius 3 is 2.61 bits per heavy atom. The monoisotopic (exact) mass is 416 g/mol. The van der Waals surface area contributed by atoms with Gasteiger partial charge in [-0.2, -0.15) is 0 Å². The second kappa shape index (κ2) is 8.47. The summed E-state index contributed by atoms with van der Waals surface area (Å²) in [6.07, 6.45) is 2.97. The smallest absolute Gasteiger partial charge is 0.248 e. The molecule has 1 aromatic heterocycles. The molecule has 2 aromatic carbocycles. The maximum atomic E-state index is 13.9. The standard InChI is InChI=1S/C20H17FN2O3S2/c1-22-28(25,26)16-6-4-5-14(13-16)23-20(24)12-10-15-9-11-19(27-15)17-7-2-3-8-18(17)21/h2-13,22H,1H3,(H,23,24)/b12-10+. The molecule has 0 unspecified atom stereocenters. The number of nitrogens with one attached hydrogen (secondary N) is 2. The molecule has 1 amide bonds. The third-order valence-corrected chi connectivity index (χ3v) is 6.34. The van der Waals surface area contributed by atoms with Gasteiger partial charge in [-0.1, -0.05) is 24.3 Å². The fourth-order valence-electron chi connectivity index (χ4n) is 2.45. The van der Waals surface area contributed by atoms with E-state index in [0.29, 0.717) is 11.3 Å². The topological polar surface area (TPSA) is 75.3 Å². The Bertz CT molecular complexity index is 1140. The summed E-state index contributed by atoms with van der Waals surface area (Å²) in [4.78, 5) is 13.7. The van der Waals surface area contributed by atoms with Crippen molar-refractivity contribution in [1.29, 1.82) is 0 Å². The molecule has 0 saturated carbocycles. The van der Waals surface area contributed by atoms with Crippen LogP contribution in [0.1, 0.15) is 4.88 Å². The summed E-state index contributed by atoms with van der Waals surface area (Å²) in [5.74, 6) is -0.700. The first-order chi connectivity index (χ1) is 13.4. The predicted octanol–water partition coefficient (Wildman–Crippen LogP) is 4.11. The SMILES string of the molecule is CNS(=O)(=O)c1cccc(NC(=O)/C=C/c2ccc(-c3ccccc3F)s2)c1. The van der Waals surface area contributed by atoms with Gasteiger partial charge in [0, 0.05) is 27.1 Å². The van der Waals surface area contributed by atoms with Crippen LogP contribution in [0, 0.1) is 5.82 Å². The Morgan fingerprint density at radius 1 is 1.07 bits per heavy atom. The summed E-state index contributed by atoms with van der Waals surface area (Å²) in [7, 11) is -2.27. The normalized spacial score (nSPS) is 11.6. The molecule has 0 aliphatic heterocycles. The number of hydrogen-bond donors (Lipinski definition) is 2. The van der Waals surface area contributed by atoms with Gasteiger partial charge in [-0.25, -0.2) is 17.5 Å². The average molecular weight is 416 g/mol.